The predicted octanol–water partition coefficient (Wildman–Crippen LogP) is 2.43. The van der Waals surface area contributed by atoms with Gasteiger partial charge in [-0.05, 0) is 50.3 Å². The fourth-order valence-electron chi connectivity index (χ4n) is 1.97. The van der Waals surface area contributed by atoms with Gasteiger partial charge in [0.2, 0.25) is 0 Å². The molecule has 1 N–H and O–H groups in total. The van der Waals surface area contributed by atoms with E-state index < -0.39 is 0 Å². The number of aryl methyl sites for hydroxylation is 2. The lowest BCUT2D eigenvalue weighted by Crippen LogP contribution is -2.31. The molecule has 20 heavy (non-hydrogen) atoms. The molecule has 0 saturated heterocycles. The van der Waals surface area contributed by atoms with Gasteiger partial charge in [0, 0.05) is 0 Å². The fourth-order valence-corrected chi connectivity index (χ4v) is 1.97. The van der Waals surface area contributed by atoms with Gasteiger partial charge in [-0.2, -0.15) is 0 Å². The van der Waals surface area contributed by atoms with Gasteiger partial charge >= 0.3 is 5.97 Å². The summed E-state index contributed by atoms with van der Waals surface area (Å²) >= 11 is 0. The highest BCUT2D eigenvalue weighted by atomic mass is 16.5. The molecule has 0 unspecified atom stereocenters. The largest absolute Gasteiger partial charge is 0.455 e. The number of amides is 1. The molecule has 1 amide bonds. The van der Waals surface area contributed by atoms with Gasteiger partial charge in [-0.25, -0.2) is 0 Å². The fraction of sp³-hybridized carbons (Fsp3) is 0.500. The van der Waals surface area contributed by atoms with Crippen LogP contribution in [-0.4, -0.2) is 18.5 Å². The van der Waals surface area contributed by atoms with Crippen LogP contribution in [0.25, 0.3) is 0 Å². The van der Waals surface area contributed by atoms with Gasteiger partial charge in [0.1, 0.15) is 0 Å². The smallest absolute Gasteiger partial charge is 0.309 e. The zero-order chi connectivity index (χ0) is 14.7. The third kappa shape index (κ3) is 3.83. The molecule has 4 heteroatoms. The van der Waals surface area contributed by atoms with Crippen molar-refractivity contribution in [2.24, 2.45) is 5.92 Å². The number of hydrogen-bond acceptors (Lipinski definition) is 3. The maximum Gasteiger partial charge on any atom is 0.309 e. The molecule has 4 nitrogen and oxygen atoms in total. The van der Waals surface area contributed by atoms with Gasteiger partial charge in [-0.15, -0.1) is 0 Å². The number of nitrogens with one attached hydrogen (secondary N) is 1. The monoisotopic (exact) mass is 275 g/mol. The van der Waals surface area contributed by atoms with Crippen LogP contribution in [0.3, 0.4) is 0 Å². The highest BCUT2D eigenvalue weighted by Gasteiger charge is 2.31. The summed E-state index contributed by atoms with van der Waals surface area (Å²) in [5, 5.41) is 2.84. The molecule has 1 aliphatic carbocycles. The average molecular weight is 275 g/mol. The molecule has 2 rings (SSSR count). The summed E-state index contributed by atoms with van der Waals surface area (Å²) in [6.07, 6.45) is 1.78. The van der Waals surface area contributed by atoms with Crippen LogP contribution in [0, 0.1) is 19.8 Å². The first-order valence-electron chi connectivity index (χ1n) is 7.00. The summed E-state index contributed by atoms with van der Waals surface area (Å²) in [7, 11) is 0. The Morgan fingerprint density at radius 2 is 2.00 bits per heavy atom. The van der Waals surface area contributed by atoms with Gasteiger partial charge in [0.25, 0.3) is 5.91 Å². The van der Waals surface area contributed by atoms with E-state index in [1.54, 1.807) is 0 Å². The zero-order valence-corrected chi connectivity index (χ0v) is 12.2. The first-order valence-corrected chi connectivity index (χ1v) is 7.00. The molecule has 1 atom stereocenters. The molecule has 0 aliphatic heterocycles. The number of rotatable bonds is 5. The van der Waals surface area contributed by atoms with Gasteiger partial charge in [0.05, 0.1) is 12.0 Å². The van der Waals surface area contributed by atoms with E-state index in [2.05, 4.69) is 18.3 Å². The lowest BCUT2D eigenvalue weighted by atomic mass is 10.0. The van der Waals surface area contributed by atoms with Crippen LogP contribution in [0.1, 0.15) is 42.5 Å². The Hall–Kier alpha value is -1.84. The van der Waals surface area contributed by atoms with Crippen molar-refractivity contribution in [2.75, 3.05) is 6.61 Å². The number of ether oxygens (including phenoxy) is 1. The van der Waals surface area contributed by atoms with Crippen LogP contribution in [0.5, 0.6) is 0 Å². The van der Waals surface area contributed by atoms with E-state index in [1.165, 1.54) is 11.1 Å². The third-order valence-electron chi connectivity index (χ3n) is 3.66. The molecule has 0 radical (unpaired) electrons. The number of esters is 1. The number of carbonyl (C=O) groups excluding carboxylic acids is 2. The minimum atomic E-state index is -0.260. The van der Waals surface area contributed by atoms with E-state index in [0.29, 0.717) is 0 Å². The maximum absolute atomic E-state index is 11.7. The minimum absolute atomic E-state index is 0.0278. The standard InChI is InChI=1S/C16H21NO3/c1-10-4-5-14(8-11(10)2)12(3)17-15(18)9-20-16(19)13-6-7-13/h4-5,8,12-13H,6-7,9H2,1-3H3,(H,17,18)/t12-/m0/s1. The van der Waals surface area contributed by atoms with Gasteiger partial charge in [-0.1, -0.05) is 18.2 Å². The second-order valence-electron chi connectivity index (χ2n) is 5.51. The van der Waals surface area contributed by atoms with Crippen LogP contribution < -0.4 is 5.32 Å². The van der Waals surface area contributed by atoms with Crippen molar-refractivity contribution in [3.8, 4) is 0 Å². The lowest BCUT2D eigenvalue weighted by molar-refractivity contribution is -0.150. The Bertz CT molecular complexity index is 520. The van der Waals surface area contributed by atoms with Crippen molar-refractivity contribution in [3.63, 3.8) is 0 Å². The predicted molar refractivity (Wildman–Crippen MR) is 76.2 cm³/mol. The highest BCUT2D eigenvalue weighted by molar-refractivity contribution is 5.82. The molecule has 1 aromatic rings. The van der Waals surface area contributed by atoms with E-state index in [9.17, 15) is 9.59 Å². The lowest BCUT2D eigenvalue weighted by Gasteiger charge is -2.15. The van der Waals surface area contributed by atoms with Crippen LogP contribution in [0.15, 0.2) is 18.2 Å². The quantitative estimate of drug-likeness (QED) is 0.840. The van der Waals surface area contributed by atoms with Gasteiger partial charge in [-0.3, -0.25) is 9.59 Å². The van der Waals surface area contributed by atoms with Gasteiger partial charge in [0.15, 0.2) is 6.61 Å². The van der Waals surface area contributed by atoms with Crippen LogP contribution in [0.4, 0.5) is 0 Å². The first-order chi connectivity index (χ1) is 9.47. The molecule has 0 aromatic heterocycles. The summed E-state index contributed by atoms with van der Waals surface area (Å²) < 4.78 is 4.96. The Balaban J connectivity index is 1.83. The Labute approximate surface area is 119 Å². The summed E-state index contributed by atoms with van der Waals surface area (Å²) in [6, 6.07) is 6.02. The summed E-state index contributed by atoms with van der Waals surface area (Å²) in [6.45, 7) is 5.83. The summed E-state index contributed by atoms with van der Waals surface area (Å²) in [5.41, 5.74) is 3.48. The third-order valence-corrected chi connectivity index (χ3v) is 3.66. The van der Waals surface area contributed by atoms with Crippen LogP contribution in [0.2, 0.25) is 0 Å². The molecule has 1 aromatic carbocycles. The normalized spacial score (nSPS) is 15.6. The van der Waals surface area contributed by atoms with Crippen molar-refractivity contribution in [1.29, 1.82) is 0 Å². The van der Waals surface area contributed by atoms with Crippen LogP contribution >= 0.6 is 0 Å². The first kappa shape index (κ1) is 14.6. The summed E-state index contributed by atoms with van der Waals surface area (Å²) in [4.78, 5) is 23.1. The van der Waals surface area contributed by atoms with Gasteiger partial charge < -0.3 is 10.1 Å². The van der Waals surface area contributed by atoms with E-state index in [-0.39, 0.29) is 30.4 Å². The maximum atomic E-state index is 11.7. The zero-order valence-electron chi connectivity index (χ0n) is 12.2. The highest BCUT2D eigenvalue weighted by Crippen LogP contribution is 2.29. The van der Waals surface area contributed by atoms with Crippen molar-refractivity contribution >= 4 is 11.9 Å². The molecular weight excluding hydrogens is 254 g/mol. The Morgan fingerprint density at radius 3 is 2.60 bits per heavy atom. The molecular formula is C16H21NO3. The molecule has 1 aliphatic rings. The molecule has 1 fully saturated rings. The molecule has 1 saturated carbocycles. The topological polar surface area (TPSA) is 55.4 Å². The second kappa shape index (κ2) is 6.07. The van der Waals surface area contributed by atoms with E-state index in [4.69, 9.17) is 4.74 Å². The Kier molecular flexibility index (Phi) is 4.42. The van der Waals surface area contributed by atoms with Crippen LogP contribution in [-0.2, 0) is 14.3 Å². The number of hydrogen-bond donors (Lipinski definition) is 1. The second-order valence-corrected chi connectivity index (χ2v) is 5.51. The van der Waals surface area contributed by atoms with E-state index in [0.717, 1.165) is 18.4 Å². The SMILES string of the molecule is Cc1ccc([C@H](C)NC(=O)COC(=O)C2CC2)cc1C. The van der Waals surface area contributed by atoms with E-state index in [1.807, 2.05) is 26.0 Å². The van der Waals surface area contributed by atoms with Crippen molar-refractivity contribution in [2.45, 2.75) is 39.7 Å². The summed E-state index contributed by atoms with van der Waals surface area (Å²) in [5.74, 6) is -0.483. The molecule has 0 heterocycles. The van der Waals surface area contributed by atoms with Crippen molar-refractivity contribution < 1.29 is 14.3 Å². The average Bonchev–Trinajstić information content (AvgIpc) is 3.23. The number of benzene rings is 1. The molecule has 0 spiro atoms. The molecule has 108 valence electrons. The Morgan fingerprint density at radius 1 is 1.30 bits per heavy atom. The van der Waals surface area contributed by atoms with E-state index >= 15 is 0 Å². The molecule has 0 bridgehead atoms. The van der Waals surface area contributed by atoms with Crippen molar-refractivity contribution in [1.82, 2.24) is 5.32 Å². The van der Waals surface area contributed by atoms with Crippen molar-refractivity contribution in [3.05, 3.63) is 34.9 Å². The number of carbonyl (C=O) groups is 2. The minimum Gasteiger partial charge on any atom is -0.455 e.